The average Bonchev–Trinajstić information content (AvgIpc) is 2.58. The Labute approximate surface area is 157 Å². The summed E-state index contributed by atoms with van der Waals surface area (Å²) in [6.07, 6.45) is 0.439. The molecule has 1 unspecified atom stereocenters. The number of nitrogens with one attached hydrogen (secondary N) is 3. The number of carbonyl (C=O) groups is 1. The van der Waals surface area contributed by atoms with Crippen LogP contribution in [0.3, 0.4) is 0 Å². The number of carbonyl (C=O) groups excluding carboxylic acids is 1. The predicted molar refractivity (Wildman–Crippen MR) is 97.6 cm³/mol. The molecule has 0 spiro atoms. The molecule has 10 nitrogen and oxygen atoms in total. The van der Waals surface area contributed by atoms with Gasteiger partial charge in [-0.2, -0.15) is 0 Å². The van der Waals surface area contributed by atoms with Crippen LogP contribution in [0.2, 0.25) is 0 Å². The molecule has 1 atom stereocenters. The van der Waals surface area contributed by atoms with Crippen LogP contribution in [0.1, 0.15) is 0 Å². The van der Waals surface area contributed by atoms with Crippen molar-refractivity contribution in [2.45, 2.75) is 11.0 Å². The Kier molecular flexibility index (Phi) is 8.21. The van der Waals surface area contributed by atoms with Gasteiger partial charge >= 0.3 is 0 Å². The smallest absolute Gasteiger partial charge is 0.293 e. The molecule has 0 bridgehead atoms. The summed E-state index contributed by atoms with van der Waals surface area (Å²) in [5.41, 5.74) is -0.156. The molecule has 3 N–H and O–H groups in total. The summed E-state index contributed by atoms with van der Waals surface area (Å²) in [4.78, 5) is 22.2. The van der Waals surface area contributed by atoms with Crippen LogP contribution in [0.25, 0.3) is 0 Å². The van der Waals surface area contributed by atoms with Gasteiger partial charge in [0.25, 0.3) is 11.6 Å². The van der Waals surface area contributed by atoms with Gasteiger partial charge in [0.05, 0.1) is 16.4 Å². The Morgan fingerprint density at radius 3 is 2.73 bits per heavy atom. The number of ether oxygens (including phenoxy) is 1. The maximum atomic E-state index is 11.9. The summed E-state index contributed by atoms with van der Waals surface area (Å²) in [6, 6.07) is 3.65. The van der Waals surface area contributed by atoms with Crippen LogP contribution in [-0.2, 0) is 19.4 Å². The first-order chi connectivity index (χ1) is 11.8. The third-order valence-corrected chi connectivity index (χ3v) is 4.66. The zero-order valence-corrected chi connectivity index (χ0v) is 15.7. The third-order valence-electron chi connectivity index (χ3n) is 3.55. The SMILES string of the molecule is CS(=O)(=O)c1ccc(NCCNC(=O)C2CNCCO2)c([N+](=O)[O-])c1.Cl. The topological polar surface area (TPSA) is 140 Å². The molecule has 1 saturated heterocycles. The van der Waals surface area contributed by atoms with Crippen LogP contribution in [0, 0.1) is 10.1 Å². The lowest BCUT2D eigenvalue weighted by Gasteiger charge is -2.22. The molecular weight excluding hydrogens is 388 g/mol. The number of sulfone groups is 1. The number of nitrogens with zero attached hydrogens (tertiary/aromatic N) is 1. The molecule has 1 aliphatic heterocycles. The van der Waals surface area contributed by atoms with Crippen molar-refractivity contribution < 1.29 is 22.9 Å². The number of amides is 1. The number of nitro groups is 1. The maximum Gasteiger partial charge on any atom is 0.293 e. The molecule has 0 aromatic heterocycles. The molecule has 146 valence electrons. The van der Waals surface area contributed by atoms with Gasteiger partial charge in [-0.05, 0) is 12.1 Å². The Hall–Kier alpha value is -1.95. The van der Waals surface area contributed by atoms with Crippen molar-refractivity contribution >= 4 is 39.5 Å². The van der Waals surface area contributed by atoms with Crippen LogP contribution in [0.4, 0.5) is 11.4 Å². The van der Waals surface area contributed by atoms with Crippen LogP contribution in [0.5, 0.6) is 0 Å². The normalized spacial score (nSPS) is 17.0. The zero-order chi connectivity index (χ0) is 18.4. The summed E-state index contributed by atoms with van der Waals surface area (Å²) in [7, 11) is -3.53. The van der Waals surface area contributed by atoms with Gasteiger partial charge in [-0.25, -0.2) is 8.42 Å². The van der Waals surface area contributed by atoms with Crippen molar-refractivity contribution in [2.24, 2.45) is 0 Å². The third kappa shape index (κ3) is 6.09. The predicted octanol–water partition coefficient (Wildman–Crippen LogP) is -0.0634. The van der Waals surface area contributed by atoms with Gasteiger partial charge in [0, 0.05) is 38.5 Å². The summed E-state index contributed by atoms with van der Waals surface area (Å²) >= 11 is 0. The molecule has 1 aliphatic rings. The highest BCUT2D eigenvalue weighted by Crippen LogP contribution is 2.27. The standard InChI is InChI=1S/C14H20N4O6S.ClH/c1-25(22,23)10-2-3-11(12(8-10)18(20)21)16-4-5-17-14(19)13-9-15-6-7-24-13;/h2-3,8,13,15-16H,4-7,9H2,1H3,(H,17,19);1H. The summed E-state index contributed by atoms with van der Waals surface area (Å²) in [6.45, 7) is 2.10. The molecule has 1 heterocycles. The van der Waals surface area contributed by atoms with E-state index in [0.717, 1.165) is 12.3 Å². The summed E-state index contributed by atoms with van der Waals surface area (Å²) in [5.74, 6) is -0.254. The van der Waals surface area contributed by atoms with E-state index in [-0.39, 0.29) is 47.7 Å². The number of benzene rings is 1. The van der Waals surface area contributed by atoms with Gasteiger partial charge in [-0.15, -0.1) is 12.4 Å². The molecule has 1 amide bonds. The minimum Gasteiger partial charge on any atom is -0.378 e. The first-order valence-corrected chi connectivity index (χ1v) is 9.50. The number of rotatable bonds is 7. The van der Waals surface area contributed by atoms with Crippen LogP contribution >= 0.6 is 12.4 Å². The number of halogens is 1. The highest BCUT2D eigenvalue weighted by Gasteiger charge is 2.21. The lowest BCUT2D eigenvalue weighted by atomic mass is 10.2. The fourth-order valence-electron chi connectivity index (χ4n) is 2.27. The molecular formula is C14H21ClN4O6S. The number of hydrogen-bond acceptors (Lipinski definition) is 8. The highest BCUT2D eigenvalue weighted by molar-refractivity contribution is 7.90. The Balaban J connectivity index is 0.00000338. The van der Waals surface area contributed by atoms with E-state index >= 15 is 0 Å². The van der Waals surface area contributed by atoms with Crippen molar-refractivity contribution in [3.8, 4) is 0 Å². The van der Waals surface area contributed by atoms with E-state index in [2.05, 4.69) is 16.0 Å². The average molecular weight is 409 g/mol. The minimum absolute atomic E-state index is 0. The number of morpholine rings is 1. The largest absolute Gasteiger partial charge is 0.378 e. The van der Waals surface area contributed by atoms with E-state index in [9.17, 15) is 23.3 Å². The van der Waals surface area contributed by atoms with Crippen molar-refractivity contribution in [1.82, 2.24) is 10.6 Å². The van der Waals surface area contributed by atoms with E-state index < -0.39 is 20.9 Å². The fourth-order valence-corrected chi connectivity index (χ4v) is 2.91. The second-order valence-corrected chi connectivity index (χ2v) is 7.51. The monoisotopic (exact) mass is 408 g/mol. The molecule has 1 fully saturated rings. The Morgan fingerprint density at radius 1 is 1.42 bits per heavy atom. The molecule has 1 aromatic rings. The van der Waals surface area contributed by atoms with Crippen LogP contribution in [0.15, 0.2) is 23.1 Å². The molecule has 2 rings (SSSR count). The Morgan fingerprint density at radius 2 is 2.15 bits per heavy atom. The number of hydrogen-bond donors (Lipinski definition) is 3. The van der Waals surface area contributed by atoms with E-state index in [1.807, 2.05) is 0 Å². The highest BCUT2D eigenvalue weighted by atomic mass is 35.5. The van der Waals surface area contributed by atoms with Crippen molar-refractivity contribution in [3.63, 3.8) is 0 Å². The number of nitro benzene ring substituents is 1. The minimum atomic E-state index is -3.53. The van der Waals surface area contributed by atoms with Gasteiger partial charge in [0.1, 0.15) is 11.8 Å². The second-order valence-electron chi connectivity index (χ2n) is 5.49. The fraction of sp³-hybridized carbons (Fsp3) is 0.500. The zero-order valence-electron chi connectivity index (χ0n) is 14.1. The Bertz CT molecular complexity index is 752. The van der Waals surface area contributed by atoms with Gasteiger partial charge in [-0.1, -0.05) is 0 Å². The van der Waals surface area contributed by atoms with Crippen molar-refractivity contribution in [1.29, 1.82) is 0 Å². The van der Waals surface area contributed by atoms with Gasteiger partial charge in [-0.3, -0.25) is 14.9 Å². The molecule has 0 saturated carbocycles. The van der Waals surface area contributed by atoms with E-state index in [1.54, 1.807) is 0 Å². The summed E-state index contributed by atoms with van der Waals surface area (Å²) < 4.78 is 28.3. The van der Waals surface area contributed by atoms with Gasteiger partial charge in [0.15, 0.2) is 9.84 Å². The van der Waals surface area contributed by atoms with Crippen molar-refractivity contribution in [3.05, 3.63) is 28.3 Å². The first kappa shape index (κ1) is 22.1. The maximum absolute atomic E-state index is 11.9. The van der Waals surface area contributed by atoms with E-state index in [4.69, 9.17) is 4.74 Å². The number of anilines is 1. The summed E-state index contributed by atoms with van der Waals surface area (Å²) in [5, 5.41) is 19.7. The van der Waals surface area contributed by atoms with Crippen LogP contribution in [-0.4, -0.2) is 64.4 Å². The molecule has 26 heavy (non-hydrogen) atoms. The van der Waals surface area contributed by atoms with E-state index in [0.29, 0.717) is 19.7 Å². The van der Waals surface area contributed by atoms with Gasteiger partial charge in [0.2, 0.25) is 0 Å². The van der Waals surface area contributed by atoms with Gasteiger partial charge < -0.3 is 20.7 Å². The van der Waals surface area contributed by atoms with E-state index in [1.165, 1.54) is 12.1 Å². The molecule has 0 radical (unpaired) electrons. The molecule has 1 aromatic carbocycles. The lowest BCUT2D eigenvalue weighted by molar-refractivity contribution is -0.384. The lowest BCUT2D eigenvalue weighted by Crippen LogP contribution is -2.48. The first-order valence-electron chi connectivity index (χ1n) is 7.61. The van der Waals surface area contributed by atoms with Crippen LogP contribution < -0.4 is 16.0 Å². The van der Waals surface area contributed by atoms with Crippen molar-refractivity contribution in [2.75, 3.05) is 44.4 Å². The second kappa shape index (κ2) is 9.67. The molecule has 12 heteroatoms. The molecule has 0 aliphatic carbocycles. The quantitative estimate of drug-likeness (QED) is 0.324.